The molecule has 0 fully saturated rings. The van der Waals surface area contributed by atoms with Crippen molar-refractivity contribution in [2.24, 2.45) is 5.41 Å². The highest BCUT2D eigenvalue weighted by Crippen LogP contribution is 2.34. The fourth-order valence-electron chi connectivity index (χ4n) is 2.30. The maximum Gasteiger partial charge on any atom is 0.300 e. The molecule has 0 bridgehead atoms. The number of nitrogens with two attached hydrogens (primary N) is 1. The second-order valence-corrected chi connectivity index (χ2v) is 8.77. The molecule has 6 heteroatoms. The van der Waals surface area contributed by atoms with E-state index in [0.717, 1.165) is 0 Å². The van der Waals surface area contributed by atoms with Crippen LogP contribution in [-0.4, -0.2) is 21.7 Å². The minimum Gasteiger partial charge on any atom is -0.486 e. The zero-order valence-corrected chi connectivity index (χ0v) is 17.2. The number of aryl methyl sites for hydroxylation is 1. The molecule has 1 heterocycles. The average molecular weight is 368 g/mol. The van der Waals surface area contributed by atoms with E-state index < -0.39 is 11.5 Å². The number of amides is 1. The molecule has 6 nitrogen and oxygen atoms in total. The van der Waals surface area contributed by atoms with Crippen molar-refractivity contribution in [3.05, 3.63) is 17.8 Å². The first-order chi connectivity index (χ1) is 12.4. The van der Waals surface area contributed by atoms with Gasteiger partial charge in [-0.25, -0.2) is 0 Å². The third kappa shape index (κ3) is 5.85. The van der Waals surface area contributed by atoms with Crippen LogP contribution in [0.25, 0.3) is 10.9 Å². The van der Waals surface area contributed by atoms with Crippen LogP contribution in [0.5, 0.6) is 5.75 Å². The van der Waals surface area contributed by atoms with Crippen molar-refractivity contribution in [3.63, 3.8) is 0 Å². The number of benzene rings is 1. The van der Waals surface area contributed by atoms with Crippen molar-refractivity contribution in [2.75, 3.05) is 11.1 Å². The smallest absolute Gasteiger partial charge is 0.300 e. The van der Waals surface area contributed by atoms with E-state index in [-0.39, 0.29) is 5.41 Å². The van der Waals surface area contributed by atoms with Crippen LogP contribution in [0.2, 0.25) is 0 Å². The molecule has 0 saturated carbocycles. The van der Waals surface area contributed by atoms with Gasteiger partial charge >= 0.3 is 0 Å². The molecular weight excluding hydrogens is 340 g/mol. The van der Waals surface area contributed by atoms with Gasteiger partial charge in [0.05, 0.1) is 22.6 Å². The number of nitrogens with one attached hydrogen (secondary N) is 1. The molecule has 2 rings (SSSR count). The van der Waals surface area contributed by atoms with Crippen LogP contribution in [0.15, 0.2) is 12.1 Å². The standard InChI is InChI=1S/C21H28N4O2/c1-13-19(22)14-11-16(23-18(26)9-8-10-20(2,3)4)17(27-21(5,6)7)12-15(14)25-24-13/h11-12H,10H2,1-7H3,(H2,22,25)(H,23,26). The highest BCUT2D eigenvalue weighted by molar-refractivity contribution is 6.06. The monoisotopic (exact) mass is 368 g/mol. The van der Waals surface area contributed by atoms with E-state index in [1.165, 1.54) is 0 Å². The first kappa shape index (κ1) is 20.5. The summed E-state index contributed by atoms with van der Waals surface area (Å²) in [6, 6.07) is 3.50. The minimum atomic E-state index is -0.450. The Bertz CT molecular complexity index is 926. The highest BCUT2D eigenvalue weighted by atomic mass is 16.5. The van der Waals surface area contributed by atoms with Gasteiger partial charge in [-0.1, -0.05) is 26.7 Å². The third-order valence-corrected chi connectivity index (χ3v) is 3.57. The lowest BCUT2D eigenvalue weighted by atomic mass is 9.93. The van der Waals surface area contributed by atoms with Gasteiger partial charge in [0.2, 0.25) is 0 Å². The van der Waals surface area contributed by atoms with Gasteiger partial charge in [0.25, 0.3) is 5.91 Å². The molecule has 1 aromatic carbocycles. The number of ether oxygens (including phenoxy) is 1. The van der Waals surface area contributed by atoms with Gasteiger partial charge in [-0.15, -0.1) is 5.10 Å². The molecule has 0 aliphatic rings. The Hall–Kier alpha value is -2.81. The van der Waals surface area contributed by atoms with Gasteiger partial charge in [0.1, 0.15) is 11.4 Å². The molecular formula is C21H28N4O2. The number of carbonyl (C=O) groups is 1. The Balaban J connectivity index is 2.43. The third-order valence-electron chi connectivity index (χ3n) is 3.57. The molecule has 0 aliphatic carbocycles. The van der Waals surface area contributed by atoms with E-state index in [9.17, 15) is 4.79 Å². The fraction of sp³-hybridized carbons (Fsp3) is 0.476. The van der Waals surface area contributed by atoms with E-state index in [1.807, 2.05) is 20.8 Å². The lowest BCUT2D eigenvalue weighted by molar-refractivity contribution is -0.111. The van der Waals surface area contributed by atoms with Crippen LogP contribution in [0.4, 0.5) is 11.4 Å². The number of anilines is 2. The molecule has 0 radical (unpaired) electrons. The summed E-state index contributed by atoms with van der Waals surface area (Å²) in [5.74, 6) is 5.66. The molecule has 1 aromatic heterocycles. The largest absolute Gasteiger partial charge is 0.486 e. The van der Waals surface area contributed by atoms with Crippen molar-refractivity contribution in [3.8, 4) is 17.6 Å². The van der Waals surface area contributed by atoms with Crippen LogP contribution in [0.1, 0.15) is 53.7 Å². The molecule has 1 amide bonds. The summed E-state index contributed by atoms with van der Waals surface area (Å²) >= 11 is 0. The van der Waals surface area contributed by atoms with Crippen LogP contribution < -0.4 is 15.8 Å². The zero-order valence-electron chi connectivity index (χ0n) is 17.2. The Kier molecular flexibility index (Phi) is 5.65. The molecule has 0 unspecified atom stereocenters. The van der Waals surface area contributed by atoms with E-state index in [2.05, 4.69) is 48.1 Å². The molecule has 0 aliphatic heterocycles. The highest BCUT2D eigenvalue weighted by Gasteiger charge is 2.18. The average Bonchev–Trinajstić information content (AvgIpc) is 2.49. The molecule has 3 N–H and O–H groups in total. The predicted octanol–water partition coefficient (Wildman–Crippen LogP) is 4.08. The summed E-state index contributed by atoms with van der Waals surface area (Å²) < 4.78 is 6.00. The summed E-state index contributed by atoms with van der Waals surface area (Å²) in [4.78, 5) is 12.3. The summed E-state index contributed by atoms with van der Waals surface area (Å²) in [6.07, 6.45) is 0.630. The molecule has 144 valence electrons. The zero-order chi connectivity index (χ0) is 20.4. The van der Waals surface area contributed by atoms with E-state index in [0.29, 0.717) is 40.1 Å². The van der Waals surface area contributed by atoms with Gasteiger partial charge in [-0.2, -0.15) is 5.10 Å². The number of hydrogen-bond donors (Lipinski definition) is 2. The van der Waals surface area contributed by atoms with Crippen LogP contribution >= 0.6 is 0 Å². The van der Waals surface area contributed by atoms with Crippen LogP contribution in [0.3, 0.4) is 0 Å². The molecule has 27 heavy (non-hydrogen) atoms. The summed E-state index contributed by atoms with van der Waals surface area (Å²) in [6.45, 7) is 13.8. The van der Waals surface area contributed by atoms with Gasteiger partial charge in [0, 0.05) is 17.9 Å². The second kappa shape index (κ2) is 7.43. The van der Waals surface area contributed by atoms with Crippen molar-refractivity contribution in [1.29, 1.82) is 0 Å². The topological polar surface area (TPSA) is 90.1 Å². The van der Waals surface area contributed by atoms with Crippen molar-refractivity contribution >= 4 is 28.2 Å². The van der Waals surface area contributed by atoms with Crippen LogP contribution in [-0.2, 0) is 4.79 Å². The first-order valence-electron chi connectivity index (χ1n) is 8.91. The summed E-state index contributed by atoms with van der Waals surface area (Å²) in [5.41, 5.74) is 8.00. The maximum atomic E-state index is 12.3. The molecule has 0 atom stereocenters. The summed E-state index contributed by atoms with van der Waals surface area (Å²) in [7, 11) is 0. The first-order valence-corrected chi connectivity index (χ1v) is 8.91. The quantitative estimate of drug-likeness (QED) is 0.780. The Morgan fingerprint density at radius 2 is 1.85 bits per heavy atom. The number of nitrogens with zero attached hydrogens (tertiary/aromatic N) is 2. The maximum absolute atomic E-state index is 12.3. The number of aromatic nitrogens is 2. The summed E-state index contributed by atoms with van der Waals surface area (Å²) in [5, 5.41) is 11.8. The minimum absolute atomic E-state index is 0.0430. The van der Waals surface area contributed by atoms with E-state index in [4.69, 9.17) is 10.5 Å². The Morgan fingerprint density at radius 3 is 2.44 bits per heavy atom. The fourth-order valence-corrected chi connectivity index (χ4v) is 2.30. The van der Waals surface area contributed by atoms with Gasteiger partial charge in [-0.3, -0.25) is 4.79 Å². The second-order valence-electron chi connectivity index (χ2n) is 8.77. The van der Waals surface area contributed by atoms with Crippen molar-refractivity contribution in [1.82, 2.24) is 10.2 Å². The SMILES string of the molecule is Cc1nnc2cc(OC(C)(C)C)c(NC(=O)C#CCC(C)(C)C)cc2c1N. The lowest BCUT2D eigenvalue weighted by Gasteiger charge is -2.23. The normalized spacial score (nSPS) is 11.7. The van der Waals surface area contributed by atoms with Gasteiger partial charge < -0.3 is 15.8 Å². The molecule has 0 spiro atoms. The lowest BCUT2D eigenvalue weighted by Crippen LogP contribution is -2.24. The number of hydrogen-bond acceptors (Lipinski definition) is 5. The van der Waals surface area contributed by atoms with Crippen molar-refractivity contribution < 1.29 is 9.53 Å². The number of rotatable bonds is 2. The Morgan fingerprint density at radius 1 is 1.19 bits per heavy atom. The van der Waals surface area contributed by atoms with Gasteiger partial charge in [-0.05, 0) is 45.1 Å². The van der Waals surface area contributed by atoms with Crippen LogP contribution in [0, 0.1) is 24.2 Å². The molecule has 0 saturated heterocycles. The van der Waals surface area contributed by atoms with E-state index in [1.54, 1.807) is 19.1 Å². The Labute approximate surface area is 160 Å². The van der Waals surface area contributed by atoms with Gasteiger partial charge in [0.15, 0.2) is 0 Å². The predicted molar refractivity (Wildman–Crippen MR) is 110 cm³/mol. The number of nitrogen functional groups attached to an aromatic ring is 1. The molecule has 2 aromatic rings. The number of fused-ring (bicyclic) bond motifs is 1. The number of carbonyl (C=O) groups excluding carboxylic acids is 1. The van der Waals surface area contributed by atoms with Crippen molar-refractivity contribution in [2.45, 2.75) is 60.5 Å². The van der Waals surface area contributed by atoms with E-state index >= 15 is 0 Å².